The lowest BCUT2D eigenvalue weighted by Crippen LogP contribution is -2.66. The van der Waals surface area contributed by atoms with E-state index in [-0.39, 0.29) is 5.74 Å². The van der Waals surface area contributed by atoms with Gasteiger partial charge in [0.1, 0.15) is 0 Å². The summed E-state index contributed by atoms with van der Waals surface area (Å²) in [7, 11) is -1.41. The summed E-state index contributed by atoms with van der Waals surface area (Å²) in [5, 5.41) is 1.69. The van der Waals surface area contributed by atoms with Crippen molar-refractivity contribution in [1.29, 1.82) is 0 Å². The highest BCUT2D eigenvalue weighted by Crippen LogP contribution is 2.36. The smallest absolute Gasteiger partial charge is 0.00866 e. The van der Waals surface area contributed by atoms with Gasteiger partial charge in [0.25, 0.3) is 0 Å². The van der Waals surface area contributed by atoms with Gasteiger partial charge in [-0.25, -0.2) is 0 Å². The van der Waals surface area contributed by atoms with Crippen molar-refractivity contribution in [2.45, 2.75) is 91.4 Å². The molecule has 1 aromatic rings. The van der Waals surface area contributed by atoms with Gasteiger partial charge in [-0.2, -0.15) is 19.0 Å². The van der Waals surface area contributed by atoms with Crippen molar-refractivity contribution >= 4 is 18.9 Å². The summed E-state index contributed by atoms with van der Waals surface area (Å²) in [6.45, 7) is 12.4. The first-order valence-corrected chi connectivity index (χ1v) is 12.9. The summed E-state index contributed by atoms with van der Waals surface area (Å²) in [5.74, 6) is 0. The molecule has 0 spiro atoms. The molecule has 0 radical (unpaired) electrons. The van der Waals surface area contributed by atoms with Gasteiger partial charge in [-0.05, 0) is 0 Å². The molecule has 0 aliphatic carbocycles. The van der Waals surface area contributed by atoms with E-state index in [0.717, 1.165) is 0 Å². The number of hydrogen-bond acceptors (Lipinski definition) is 0. The van der Waals surface area contributed by atoms with Gasteiger partial charge in [-0.15, -0.1) is 0 Å². The fraction of sp³-hybridized carbons (Fsp3) is 0.700. The van der Waals surface area contributed by atoms with Crippen LogP contribution in [0.5, 0.6) is 0 Å². The van der Waals surface area contributed by atoms with Gasteiger partial charge in [0.05, 0.1) is 0 Å². The summed E-state index contributed by atoms with van der Waals surface area (Å²) in [6, 6.07) is 11.5. The first-order valence-electron chi connectivity index (χ1n) is 9.80. The summed E-state index contributed by atoms with van der Waals surface area (Å²) < 4.78 is 0. The zero-order chi connectivity index (χ0) is 16.5. The highest BCUT2D eigenvalue weighted by molar-refractivity contribution is 7.46. The van der Waals surface area contributed by atoms with Gasteiger partial charge < -0.3 is 0 Å². The second kappa shape index (κ2) is 9.60. The molecule has 0 fully saturated rings. The van der Waals surface area contributed by atoms with Crippen molar-refractivity contribution in [1.82, 2.24) is 0 Å². The van der Waals surface area contributed by atoms with Crippen molar-refractivity contribution in [3.8, 4) is 0 Å². The van der Waals surface area contributed by atoms with Gasteiger partial charge in [0, 0.05) is 5.74 Å². The molecule has 0 bridgehead atoms. The van der Waals surface area contributed by atoms with Crippen LogP contribution in [0.2, 0.25) is 32.1 Å². The first-order chi connectivity index (χ1) is 10.5. The summed E-state index contributed by atoms with van der Waals surface area (Å²) >= 11 is 0. The van der Waals surface area contributed by atoms with Gasteiger partial charge in [0.15, 0.2) is 0 Å². The molecule has 2 heteroatoms. The Morgan fingerprint density at radius 3 is 1.50 bits per heavy atom. The van der Waals surface area contributed by atoms with Gasteiger partial charge in [0.2, 0.25) is 0 Å². The van der Waals surface area contributed by atoms with E-state index in [0.29, 0.717) is 0 Å². The van der Waals surface area contributed by atoms with Crippen LogP contribution in [0.3, 0.4) is 0 Å². The lowest BCUT2D eigenvalue weighted by atomic mass is 9.38. The van der Waals surface area contributed by atoms with Crippen molar-refractivity contribution < 1.29 is 0 Å². The average Bonchev–Trinajstić information content (AvgIpc) is 2.55. The predicted octanol–water partition coefficient (Wildman–Crippen LogP) is 6.53. The monoisotopic (exact) mass is 317 g/mol. The lowest BCUT2D eigenvalue weighted by molar-refractivity contribution is 0.803. The molecule has 22 heavy (non-hydrogen) atoms. The Kier molecular flexibility index (Phi) is 8.53. The molecule has 0 saturated carbocycles. The molecule has 0 aromatic heterocycles. The van der Waals surface area contributed by atoms with Crippen LogP contribution in [0, 0.1) is 0 Å². The van der Waals surface area contributed by atoms with E-state index in [2.05, 4.69) is 64.2 Å². The second-order valence-electron chi connectivity index (χ2n) is 7.99. The molecule has 0 atom stereocenters. The molecule has 0 amide bonds. The Bertz CT molecular complexity index is 378. The van der Waals surface area contributed by atoms with Crippen molar-refractivity contribution in [2.75, 3.05) is 0 Å². The van der Waals surface area contributed by atoms with Crippen LogP contribution in [0.25, 0.3) is 0 Å². The van der Waals surface area contributed by atoms with Crippen molar-refractivity contribution in [3.05, 3.63) is 30.3 Å². The Hall–Kier alpha value is -0.498. The highest BCUT2D eigenvalue weighted by Gasteiger charge is 2.39. The van der Waals surface area contributed by atoms with Crippen LogP contribution in [0.4, 0.5) is 0 Å². The molecule has 0 heterocycles. The van der Waals surface area contributed by atoms with E-state index in [1.54, 1.807) is 5.19 Å². The maximum Gasteiger partial charge on any atom is 0.00866 e. The Balaban J connectivity index is 3.17. The van der Waals surface area contributed by atoms with E-state index in [1.165, 1.54) is 57.5 Å². The number of unbranched alkanes of at least 4 members (excludes halogenated alkanes) is 3. The maximum atomic E-state index is 2.67. The molecular weight excluding hydrogens is 279 g/mol. The largest absolute Gasteiger partial charge is 0.179 e. The van der Waals surface area contributed by atoms with Crippen molar-refractivity contribution in [3.63, 3.8) is 0 Å². The molecule has 0 aliphatic rings. The van der Waals surface area contributed by atoms with E-state index >= 15 is 0 Å². The molecule has 0 saturated heterocycles. The van der Waals surface area contributed by atoms with Crippen LogP contribution in [0.15, 0.2) is 30.3 Å². The highest BCUT2D eigenvalue weighted by atomic mass is 28.3. The van der Waals surface area contributed by atoms with Crippen LogP contribution in [-0.2, 0) is 0 Å². The topological polar surface area (TPSA) is 0 Å². The van der Waals surface area contributed by atoms with E-state index in [4.69, 9.17) is 0 Å². The van der Waals surface area contributed by atoms with Crippen LogP contribution in [0.1, 0.15) is 59.3 Å². The number of hydrogen-bond donors (Lipinski definition) is 0. The zero-order valence-corrected chi connectivity index (χ0v) is 16.8. The summed E-state index contributed by atoms with van der Waals surface area (Å²) in [6.07, 6.45) is 12.8. The van der Waals surface area contributed by atoms with E-state index in [1.807, 2.05) is 0 Å². The molecule has 1 rings (SSSR count). The number of benzene rings is 1. The van der Waals surface area contributed by atoms with Gasteiger partial charge in [-0.3, -0.25) is 0 Å². The molecule has 0 unspecified atom stereocenters. The number of rotatable bonds is 11. The first kappa shape index (κ1) is 19.5. The van der Waals surface area contributed by atoms with E-state index < -0.39 is 7.94 Å². The maximum absolute atomic E-state index is 2.67. The quantitative estimate of drug-likeness (QED) is 0.407. The third kappa shape index (κ3) is 4.75. The molecule has 1 aromatic carbocycles. The normalized spacial score (nSPS) is 12.6. The van der Waals surface area contributed by atoms with Crippen LogP contribution < -0.4 is 5.19 Å². The van der Waals surface area contributed by atoms with Crippen molar-refractivity contribution in [2.24, 2.45) is 0 Å². The molecular formula is C20H38BSi-. The van der Waals surface area contributed by atoms with E-state index in [9.17, 15) is 0 Å². The van der Waals surface area contributed by atoms with Crippen LogP contribution in [-0.4, -0.2) is 13.7 Å². The second-order valence-corrected chi connectivity index (χ2v) is 13.2. The molecule has 0 aliphatic heterocycles. The molecule has 0 N–H and O–H groups in total. The summed E-state index contributed by atoms with van der Waals surface area (Å²) in [4.78, 5) is 0. The third-order valence-corrected chi connectivity index (χ3v) is 12.1. The van der Waals surface area contributed by atoms with Crippen LogP contribution >= 0.6 is 0 Å². The lowest BCUT2D eigenvalue weighted by Gasteiger charge is -2.53. The Morgan fingerprint density at radius 1 is 0.727 bits per heavy atom. The third-order valence-electron chi connectivity index (χ3n) is 6.38. The minimum atomic E-state index is -1.41. The van der Waals surface area contributed by atoms with Gasteiger partial charge >= 0.3 is 0 Å². The Labute approximate surface area is 141 Å². The average molecular weight is 317 g/mol. The minimum Gasteiger partial charge on any atom is -0.179 e. The zero-order valence-electron chi connectivity index (χ0n) is 15.8. The predicted molar refractivity (Wildman–Crippen MR) is 108 cm³/mol. The molecule has 126 valence electrons. The van der Waals surface area contributed by atoms with Gasteiger partial charge in [-0.1, -0.05) is 116 Å². The Morgan fingerprint density at radius 2 is 1.14 bits per heavy atom. The SMILES string of the molecule is CCCC[B-](CCCC)(CCCC)[Si](C)(C)c1ccccc1. The summed E-state index contributed by atoms with van der Waals surface area (Å²) in [5.41, 5.74) is -0.208. The fourth-order valence-electron chi connectivity index (χ4n) is 4.52. The molecule has 0 nitrogen and oxygen atoms in total. The fourth-order valence-corrected chi connectivity index (χ4v) is 9.06. The standard InChI is InChI=1S/C20H38BSi/c1-6-9-17-21(18-10-7-2,19-11-8-3)22(4,5)20-15-13-12-14-16-20/h12-16H,6-11,17-19H2,1-5H3/q-1. The minimum absolute atomic E-state index is 0.208.